The van der Waals surface area contributed by atoms with Crippen molar-refractivity contribution in [3.63, 3.8) is 0 Å². The molecule has 0 spiro atoms. The molecule has 0 radical (unpaired) electrons. The fraction of sp³-hybridized carbons (Fsp3) is 0.238. The number of ether oxygens (including phenoxy) is 1. The number of fused-ring (bicyclic) bond motifs is 1. The van der Waals surface area contributed by atoms with Gasteiger partial charge in [-0.2, -0.15) is 0 Å². The van der Waals surface area contributed by atoms with Crippen molar-refractivity contribution >= 4 is 35.3 Å². The van der Waals surface area contributed by atoms with Gasteiger partial charge in [0, 0.05) is 12.6 Å². The summed E-state index contributed by atoms with van der Waals surface area (Å²) in [5.74, 6) is 0.451. The quantitative estimate of drug-likeness (QED) is 0.800. The van der Waals surface area contributed by atoms with Gasteiger partial charge in [0.2, 0.25) is 5.91 Å². The molecule has 2 aromatic carbocycles. The molecule has 0 aliphatic carbocycles. The van der Waals surface area contributed by atoms with Gasteiger partial charge < -0.3 is 15.4 Å². The van der Waals surface area contributed by atoms with Crippen LogP contribution in [0.3, 0.4) is 0 Å². The summed E-state index contributed by atoms with van der Waals surface area (Å²) in [6.45, 7) is 7.54. The fourth-order valence-corrected chi connectivity index (χ4v) is 2.53. The van der Waals surface area contributed by atoms with Crippen LogP contribution in [0.5, 0.6) is 5.75 Å². The molecule has 0 unspecified atom stereocenters. The molecule has 1 aliphatic rings. The van der Waals surface area contributed by atoms with E-state index in [0.717, 1.165) is 22.4 Å². The second-order valence-electron chi connectivity index (χ2n) is 5.68. The highest BCUT2D eigenvalue weighted by Gasteiger charge is 2.15. The van der Waals surface area contributed by atoms with E-state index in [2.05, 4.69) is 10.6 Å². The molecule has 2 amide bonds. The molecule has 3 rings (SSSR count). The highest BCUT2D eigenvalue weighted by molar-refractivity contribution is 5.96. The zero-order valence-corrected chi connectivity index (χ0v) is 15.6. The third-order valence-corrected chi connectivity index (χ3v) is 3.68. The van der Waals surface area contributed by atoms with Crippen molar-refractivity contribution in [2.45, 2.75) is 27.7 Å². The predicted molar refractivity (Wildman–Crippen MR) is 106 cm³/mol. The van der Waals surface area contributed by atoms with E-state index in [1.165, 1.54) is 6.92 Å². The van der Waals surface area contributed by atoms with E-state index in [4.69, 9.17) is 4.74 Å². The third-order valence-electron chi connectivity index (χ3n) is 3.68. The first kappa shape index (κ1) is 19.2. The molecule has 1 heterocycles. The van der Waals surface area contributed by atoms with E-state index in [1.54, 1.807) is 0 Å². The summed E-state index contributed by atoms with van der Waals surface area (Å²) in [6, 6.07) is 11.4. The molecule has 5 heteroatoms. The van der Waals surface area contributed by atoms with Crippen molar-refractivity contribution in [1.29, 1.82) is 0 Å². The monoisotopic (exact) mass is 352 g/mol. The van der Waals surface area contributed by atoms with Gasteiger partial charge in [0.25, 0.3) is 5.91 Å². The largest absolute Gasteiger partial charge is 0.482 e. The molecule has 26 heavy (non-hydrogen) atoms. The van der Waals surface area contributed by atoms with Crippen LogP contribution < -0.4 is 15.4 Å². The number of anilines is 2. The fourth-order valence-electron chi connectivity index (χ4n) is 2.53. The zero-order valence-electron chi connectivity index (χ0n) is 15.6. The van der Waals surface area contributed by atoms with Crippen molar-refractivity contribution < 1.29 is 14.3 Å². The van der Waals surface area contributed by atoms with E-state index < -0.39 is 0 Å². The van der Waals surface area contributed by atoms with Crippen molar-refractivity contribution in [3.05, 3.63) is 53.1 Å². The van der Waals surface area contributed by atoms with Crippen LogP contribution in [-0.2, 0) is 9.59 Å². The van der Waals surface area contributed by atoms with Crippen LogP contribution in [0.25, 0.3) is 12.2 Å². The minimum Gasteiger partial charge on any atom is -0.482 e. The van der Waals surface area contributed by atoms with E-state index >= 15 is 0 Å². The van der Waals surface area contributed by atoms with Gasteiger partial charge in [-0.25, -0.2) is 0 Å². The molecule has 136 valence electrons. The lowest BCUT2D eigenvalue weighted by Gasteiger charge is -2.17. The maximum absolute atomic E-state index is 11.4. The molecule has 0 saturated carbocycles. The number of benzene rings is 2. The minimum absolute atomic E-state index is 0.0576. The second kappa shape index (κ2) is 8.85. The Morgan fingerprint density at radius 1 is 1.15 bits per heavy atom. The number of aryl methyl sites for hydroxylation is 1. The Labute approximate surface area is 154 Å². The molecule has 0 fully saturated rings. The number of amides is 2. The minimum atomic E-state index is -0.145. The van der Waals surface area contributed by atoms with E-state index in [1.807, 2.05) is 69.3 Å². The number of nitrogens with one attached hydrogen (secondary N) is 2. The molecule has 2 N–H and O–H groups in total. The lowest BCUT2D eigenvalue weighted by atomic mass is 10.1. The van der Waals surface area contributed by atoms with Crippen LogP contribution in [0.15, 0.2) is 36.4 Å². The van der Waals surface area contributed by atoms with Crippen LogP contribution in [0.2, 0.25) is 0 Å². The van der Waals surface area contributed by atoms with Crippen LogP contribution >= 0.6 is 0 Å². The van der Waals surface area contributed by atoms with Gasteiger partial charge in [0.15, 0.2) is 6.61 Å². The van der Waals surface area contributed by atoms with Crippen molar-refractivity contribution in [2.75, 3.05) is 17.2 Å². The van der Waals surface area contributed by atoms with Gasteiger partial charge in [-0.1, -0.05) is 38.1 Å². The van der Waals surface area contributed by atoms with Crippen LogP contribution in [0, 0.1) is 6.92 Å². The summed E-state index contributed by atoms with van der Waals surface area (Å²) in [4.78, 5) is 22.5. The molecule has 0 aromatic heterocycles. The number of rotatable bonds is 3. The Morgan fingerprint density at radius 2 is 1.92 bits per heavy atom. The normalized spacial score (nSPS) is 12.4. The Morgan fingerprint density at radius 3 is 2.62 bits per heavy atom. The maximum Gasteiger partial charge on any atom is 0.262 e. The summed E-state index contributed by atoms with van der Waals surface area (Å²) < 4.78 is 5.35. The topological polar surface area (TPSA) is 67.4 Å². The van der Waals surface area contributed by atoms with Gasteiger partial charge in [-0.15, -0.1) is 0 Å². The molecule has 0 atom stereocenters. The summed E-state index contributed by atoms with van der Waals surface area (Å²) in [6.07, 6.45) is 3.97. The number of carbonyl (C=O) groups is 2. The maximum atomic E-state index is 11.4. The predicted octanol–water partition coefficient (Wildman–Crippen LogP) is 4.48. The molecular weight excluding hydrogens is 328 g/mol. The lowest BCUT2D eigenvalue weighted by molar-refractivity contribution is -0.118. The van der Waals surface area contributed by atoms with E-state index in [-0.39, 0.29) is 18.4 Å². The highest BCUT2D eigenvalue weighted by atomic mass is 16.5. The van der Waals surface area contributed by atoms with Crippen molar-refractivity contribution in [2.24, 2.45) is 0 Å². The smallest absolute Gasteiger partial charge is 0.262 e. The first-order valence-electron chi connectivity index (χ1n) is 8.64. The average molecular weight is 352 g/mol. The standard InChI is InChI=1S/C19H18N2O3.C2H6/c1-12-9-16(20-13(2)22)7-6-15(12)5-3-14-4-8-18-17(10-14)21-19(23)11-24-18;1-2/h3-10H,11H2,1-2H3,(H,20,22)(H,21,23);1-2H3/b5-3+;. The summed E-state index contributed by atoms with van der Waals surface area (Å²) in [5, 5.41) is 5.57. The van der Waals surface area contributed by atoms with E-state index in [9.17, 15) is 9.59 Å². The van der Waals surface area contributed by atoms with Gasteiger partial charge in [0.1, 0.15) is 5.75 Å². The number of hydrogen-bond acceptors (Lipinski definition) is 3. The molecular formula is C21H24N2O3. The average Bonchev–Trinajstić information content (AvgIpc) is 2.62. The van der Waals surface area contributed by atoms with Gasteiger partial charge in [0.05, 0.1) is 5.69 Å². The highest BCUT2D eigenvalue weighted by Crippen LogP contribution is 2.29. The summed E-state index contributed by atoms with van der Waals surface area (Å²) >= 11 is 0. The first-order chi connectivity index (χ1) is 12.5. The molecule has 1 aliphatic heterocycles. The third kappa shape index (κ3) is 4.96. The number of hydrogen-bond donors (Lipinski definition) is 2. The van der Waals surface area contributed by atoms with Gasteiger partial charge in [-0.05, 0) is 47.9 Å². The second-order valence-corrected chi connectivity index (χ2v) is 5.68. The molecule has 0 bridgehead atoms. The van der Waals surface area contributed by atoms with Crippen LogP contribution in [-0.4, -0.2) is 18.4 Å². The Bertz CT molecular complexity index is 841. The van der Waals surface area contributed by atoms with Crippen molar-refractivity contribution in [1.82, 2.24) is 0 Å². The zero-order chi connectivity index (χ0) is 19.1. The lowest BCUT2D eigenvalue weighted by Crippen LogP contribution is -2.25. The van der Waals surface area contributed by atoms with E-state index in [0.29, 0.717) is 11.4 Å². The van der Waals surface area contributed by atoms with Crippen LogP contribution in [0.1, 0.15) is 37.5 Å². The molecule has 2 aromatic rings. The molecule has 5 nitrogen and oxygen atoms in total. The Kier molecular flexibility index (Phi) is 6.55. The Hall–Kier alpha value is -3.08. The summed E-state index contributed by atoms with van der Waals surface area (Å²) in [7, 11) is 0. The summed E-state index contributed by atoms with van der Waals surface area (Å²) in [5.41, 5.74) is 4.55. The van der Waals surface area contributed by atoms with Crippen molar-refractivity contribution in [3.8, 4) is 5.75 Å². The Balaban J connectivity index is 0.00000117. The van der Waals surface area contributed by atoms with Crippen LogP contribution in [0.4, 0.5) is 11.4 Å². The number of carbonyl (C=O) groups excluding carboxylic acids is 2. The molecule has 0 saturated heterocycles. The van der Waals surface area contributed by atoms with Gasteiger partial charge >= 0.3 is 0 Å². The SMILES string of the molecule is CC.CC(=O)Nc1ccc(/C=C/c2ccc3c(c2)NC(=O)CO3)c(C)c1. The first-order valence-corrected chi connectivity index (χ1v) is 8.64. The van der Waals surface area contributed by atoms with Gasteiger partial charge in [-0.3, -0.25) is 9.59 Å².